The van der Waals surface area contributed by atoms with Crippen LogP contribution in [0.1, 0.15) is 38.4 Å². The van der Waals surface area contributed by atoms with Crippen LogP contribution < -0.4 is 5.32 Å². The van der Waals surface area contributed by atoms with E-state index in [0.717, 1.165) is 0 Å². The SMILES string of the molecule is CC(C)C(=O)N1CCC(C(=O)NC[C@@H](O)c2ccc(F)cc2)CC1. The molecule has 0 saturated carbocycles. The van der Waals surface area contributed by atoms with Gasteiger partial charge in [0, 0.05) is 31.5 Å². The first-order chi connectivity index (χ1) is 11.4. The van der Waals surface area contributed by atoms with E-state index in [1.54, 1.807) is 0 Å². The van der Waals surface area contributed by atoms with Crippen molar-refractivity contribution in [3.63, 3.8) is 0 Å². The summed E-state index contributed by atoms with van der Waals surface area (Å²) in [4.78, 5) is 26.0. The highest BCUT2D eigenvalue weighted by atomic mass is 19.1. The molecule has 1 aliphatic rings. The van der Waals surface area contributed by atoms with Gasteiger partial charge in [-0.1, -0.05) is 26.0 Å². The van der Waals surface area contributed by atoms with Gasteiger partial charge in [0.2, 0.25) is 11.8 Å². The molecule has 0 aromatic heterocycles. The molecule has 2 rings (SSSR count). The minimum atomic E-state index is -0.864. The summed E-state index contributed by atoms with van der Waals surface area (Å²) in [7, 11) is 0. The molecule has 24 heavy (non-hydrogen) atoms. The maximum absolute atomic E-state index is 12.9. The maximum Gasteiger partial charge on any atom is 0.225 e. The van der Waals surface area contributed by atoms with Crippen LogP contribution in [0.2, 0.25) is 0 Å². The molecule has 1 aliphatic heterocycles. The molecule has 0 spiro atoms. The lowest BCUT2D eigenvalue weighted by Crippen LogP contribution is -2.44. The summed E-state index contributed by atoms with van der Waals surface area (Å²) in [6.07, 6.45) is 0.408. The number of halogens is 1. The van der Waals surface area contributed by atoms with Gasteiger partial charge in [-0.3, -0.25) is 9.59 Å². The highest BCUT2D eigenvalue weighted by Gasteiger charge is 2.28. The van der Waals surface area contributed by atoms with E-state index in [1.165, 1.54) is 24.3 Å². The second kappa shape index (κ2) is 8.24. The summed E-state index contributed by atoms with van der Waals surface area (Å²) in [5.74, 6) is -0.506. The molecule has 2 amide bonds. The van der Waals surface area contributed by atoms with Crippen LogP contribution in [0.15, 0.2) is 24.3 Å². The van der Waals surface area contributed by atoms with Gasteiger partial charge in [-0.2, -0.15) is 0 Å². The van der Waals surface area contributed by atoms with Gasteiger partial charge < -0.3 is 15.3 Å². The van der Waals surface area contributed by atoms with Crippen molar-refractivity contribution in [2.24, 2.45) is 11.8 Å². The van der Waals surface area contributed by atoms with Crippen molar-refractivity contribution in [1.82, 2.24) is 10.2 Å². The van der Waals surface area contributed by atoms with Gasteiger partial charge in [0.25, 0.3) is 0 Å². The number of hydrogen-bond acceptors (Lipinski definition) is 3. The first-order valence-electron chi connectivity index (χ1n) is 8.38. The molecule has 5 nitrogen and oxygen atoms in total. The number of piperidine rings is 1. The Balaban J connectivity index is 1.77. The van der Waals surface area contributed by atoms with Crippen LogP contribution in [0.5, 0.6) is 0 Å². The fourth-order valence-electron chi connectivity index (χ4n) is 2.87. The number of carbonyl (C=O) groups is 2. The van der Waals surface area contributed by atoms with Crippen molar-refractivity contribution in [2.75, 3.05) is 19.6 Å². The van der Waals surface area contributed by atoms with Crippen LogP contribution in [0.25, 0.3) is 0 Å². The Morgan fingerprint density at radius 2 is 1.83 bits per heavy atom. The third kappa shape index (κ3) is 4.77. The monoisotopic (exact) mass is 336 g/mol. The van der Waals surface area contributed by atoms with E-state index < -0.39 is 6.10 Å². The summed E-state index contributed by atoms with van der Waals surface area (Å²) in [5.41, 5.74) is 0.564. The molecule has 6 heteroatoms. The minimum absolute atomic E-state index is 0.0266. The van der Waals surface area contributed by atoms with Gasteiger partial charge in [0.1, 0.15) is 5.82 Å². The van der Waals surface area contributed by atoms with Crippen molar-refractivity contribution < 1.29 is 19.1 Å². The summed E-state index contributed by atoms with van der Waals surface area (Å²) >= 11 is 0. The van der Waals surface area contributed by atoms with E-state index in [-0.39, 0.29) is 36.0 Å². The molecule has 2 N–H and O–H groups in total. The summed E-state index contributed by atoms with van der Waals surface area (Å²) in [6, 6.07) is 5.56. The Morgan fingerprint density at radius 1 is 1.25 bits per heavy atom. The Hall–Kier alpha value is -1.95. The number of aliphatic hydroxyl groups excluding tert-OH is 1. The zero-order chi connectivity index (χ0) is 17.7. The highest BCUT2D eigenvalue weighted by Crippen LogP contribution is 2.19. The molecular weight excluding hydrogens is 311 g/mol. The number of carbonyl (C=O) groups excluding carboxylic acids is 2. The van der Waals surface area contributed by atoms with Gasteiger partial charge in [0.05, 0.1) is 6.10 Å². The lowest BCUT2D eigenvalue weighted by atomic mass is 9.95. The number of aliphatic hydroxyl groups is 1. The fourth-order valence-corrected chi connectivity index (χ4v) is 2.87. The lowest BCUT2D eigenvalue weighted by molar-refractivity contribution is -0.138. The summed E-state index contributed by atoms with van der Waals surface area (Å²) in [6.45, 7) is 5.02. The molecule has 1 aromatic rings. The van der Waals surface area contributed by atoms with E-state index in [4.69, 9.17) is 0 Å². The molecule has 1 aromatic carbocycles. The Labute approximate surface area is 141 Å². The quantitative estimate of drug-likeness (QED) is 0.862. The molecule has 0 unspecified atom stereocenters. The molecule has 1 saturated heterocycles. The van der Waals surface area contributed by atoms with E-state index >= 15 is 0 Å². The first kappa shape index (κ1) is 18.4. The van der Waals surface area contributed by atoms with E-state index in [9.17, 15) is 19.1 Å². The number of benzene rings is 1. The fraction of sp³-hybridized carbons (Fsp3) is 0.556. The average molecular weight is 336 g/mol. The van der Waals surface area contributed by atoms with Crippen molar-refractivity contribution in [3.8, 4) is 0 Å². The largest absolute Gasteiger partial charge is 0.387 e. The van der Waals surface area contributed by atoms with Crippen molar-refractivity contribution in [2.45, 2.75) is 32.8 Å². The third-order valence-corrected chi connectivity index (χ3v) is 4.40. The first-order valence-corrected chi connectivity index (χ1v) is 8.38. The van der Waals surface area contributed by atoms with Gasteiger partial charge in [-0.15, -0.1) is 0 Å². The van der Waals surface area contributed by atoms with Gasteiger partial charge in [0.15, 0.2) is 0 Å². The zero-order valence-electron chi connectivity index (χ0n) is 14.2. The Morgan fingerprint density at radius 3 is 2.38 bits per heavy atom. The predicted molar refractivity (Wildman–Crippen MR) is 88.5 cm³/mol. The van der Waals surface area contributed by atoms with Crippen LogP contribution >= 0.6 is 0 Å². The Kier molecular flexibility index (Phi) is 6.31. The summed E-state index contributed by atoms with van der Waals surface area (Å²) < 4.78 is 12.9. The van der Waals surface area contributed by atoms with Crippen LogP contribution in [-0.2, 0) is 9.59 Å². The molecule has 1 fully saturated rings. The molecule has 0 bridgehead atoms. The third-order valence-electron chi connectivity index (χ3n) is 4.40. The molecule has 1 heterocycles. The molecular formula is C18H25FN2O3. The normalized spacial score (nSPS) is 17.0. The highest BCUT2D eigenvalue weighted by molar-refractivity contribution is 5.80. The summed E-state index contributed by atoms with van der Waals surface area (Å²) in [5, 5.41) is 12.8. The van der Waals surface area contributed by atoms with Crippen LogP contribution in [0.3, 0.4) is 0 Å². The Bertz CT molecular complexity index is 566. The number of hydrogen-bond donors (Lipinski definition) is 2. The van der Waals surface area contributed by atoms with Crippen molar-refractivity contribution >= 4 is 11.8 Å². The lowest BCUT2D eigenvalue weighted by Gasteiger charge is -2.32. The number of nitrogens with one attached hydrogen (secondary N) is 1. The van der Waals surface area contributed by atoms with E-state index in [1.807, 2.05) is 18.7 Å². The van der Waals surface area contributed by atoms with Crippen LogP contribution in [0, 0.1) is 17.7 Å². The predicted octanol–water partition coefficient (Wildman–Crippen LogP) is 1.87. The number of rotatable bonds is 5. The molecule has 0 aliphatic carbocycles. The average Bonchev–Trinajstić information content (AvgIpc) is 2.59. The second-order valence-corrected chi connectivity index (χ2v) is 6.57. The number of nitrogens with zero attached hydrogens (tertiary/aromatic N) is 1. The molecule has 0 radical (unpaired) electrons. The van der Waals surface area contributed by atoms with Crippen molar-refractivity contribution in [1.29, 1.82) is 0 Å². The van der Waals surface area contributed by atoms with E-state index in [0.29, 0.717) is 31.5 Å². The second-order valence-electron chi connectivity index (χ2n) is 6.57. The standard InChI is InChI=1S/C18H25FN2O3/c1-12(2)18(24)21-9-7-14(8-10-21)17(23)20-11-16(22)13-3-5-15(19)6-4-13/h3-6,12,14,16,22H,7-11H2,1-2H3,(H,20,23)/t16-/m1/s1. The van der Waals surface area contributed by atoms with Crippen LogP contribution in [-0.4, -0.2) is 41.5 Å². The number of likely N-dealkylation sites (tertiary alicyclic amines) is 1. The number of amides is 2. The van der Waals surface area contributed by atoms with E-state index in [2.05, 4.69) is 5.32 Å². The maximum atomic E-state index is 12.9. The minimum Gasteiger partial charge on any atom is -0.387 e. The van der Waals surface area contributed by atoms with Gasteiger partial charge in [-0.25, -0.2) is 4.39 Å². The van der Waals surface area contributed by atoms with Crippen LogP contribution in [0.4, 0.5) is 4.39 Å². The van der Waals surface area contributed by atoms with Crippen molar-refractivity contribution in [3.05, 3.63) is 35.6 Å². The molecule has 132 valence electrons. The smallest absolute Gasteiger partial charge is 0.225 e. The molecule has 1 atom stereocenters. The van der Waals surface area contributed by atoms with Gasteiger partial charge in [-0.05, 0) is 30.5 Å². The zero-order valence-corrected chi connectivity index (χ0v) is 14.2. The topological polar surface area (TPSA) is 69.6 Å². The van der Waals surface area contributed by atoms with Gasteiger partial charge >= 0.3 is 0 Å².